The molecule has 0 bridgehead atoms. The van der Waals surface area contributed by atoms with Crippen LogP contribution in [0.1, 0.15) is 49.4 Å². The molecule has 0 unspecified atom stereocenters. The minimum atomic E-state index is -4.01. The predicted octanol–water partition coefficient (Wildman–Crippen LogP) is 3.54. The Balaban J connectivity index is 1.68. The molecular formula is C26H32N6O5S2. The van der Waals surface area contributed by atoms with Crippen LogP contribution in [0, 0.1) is 5.41 Å². The van der Waals surface area contributed by atoms with E-state index >= 15 is 0 Å². The Morgan fingerprint density at radius 1 is 1.15 bits per heavy atom. The number of nitrogen functional groups attached to an aromatic ring is 1. The lowest BCUT2D eigenvalue weighted by atomic mass is 10.0. The molecule has 3 rings (SSSR count). The van der Waals surface area contributed by atoms with Crippen LogP contribution in [0.25, 0.3) is 0 Å². The van der Waals surface area contributed by atoms with E-state index in [9.17, 15) is 18.0 Å². The Hall–Kier alpha value is -3.81. The van der Waals surface area contributed by atoms with Crippen LogP contribution in [0.3, 0.4) is 0 Å². The van der Waals surface area contributed by atoms with Gasteiger partial charge in [0.25, 0.3) is 0 Å². The number of aromatic nitrogens is 1. The summed E-state index contributed by atoms with van der Waals surface area (Å²) < 4.78 is 34.5. The van der Waals surface area contributed by atoms with Crippen molar-refractivity contribution in [3.63, 3.8) is 0 Å². The minimum Gasteiger partial charge on any atom is -0.444 e. The van der Waals surface area contributed by atoms with E-state index in [0.29, 0.717) is 16.3 Å². The van der Waals surface area contributed by atoms with E-state index in [1.165, 1.54) is 29.5 Å². The molecule has 2 amide bonds. The summed E-state index contributed by atoms with van der Waals surface area (Å²) >= 11 is 1.32. The van der Waals surface area contributed by atoms with Crippen molar-refractivity contribution in [3.05, 3.63) is 76.2 Å². The number of thiazole rings is 1. The van der Waals surface area contributed by atoms with Crippen LogP contribution in [-0.4, -0.2) is 43.4 Å². The number of nitrogens with zero attached hydrogens (tertiary/aromatic N) is 1. The molecule has 0 aliphatic rings. The van der Waals surface area contributed by atoms with Crippen molar-refractivity contribution in [1.82, 2.24) is 15.0 Å². The predicted molar refractivity (Wildman–Crippen MR) is 150 cm³/mol. The van der Waals surface area contributed by atoms with Crippen molar-refractivity contribution in [2.45, 2.75) is 50.2 Å². The number of alkyl carbamates (subject to hydrolysis) is 1. The van der Waals surface area contributed by atoms with E-state index in [0.717, 1.165) is 5.56 Å². The van der Waals surface area contributed by atoms with Gasteiger partial charge < -0.3 is 21.1 Å². The number of sulfonamides is 1. The SMILES string of the molecule is CC(C)(C)OC(=O)NCCC(=O)Nc1cccc(S(=O)(=O)N[C@H](Cc2cccc(C(=N)N)c2)c2nccs2)c1. The number of anilines is 1. The second-order valence-corrected chi connectivity index (χ2v) is 12.3. The van der Waals surface area contributed by atoms with Crippen LogP contribution in [0.4, 0.5) is 10.5 Å². The number of amidine groups is 1. The molecule has 1 atom stereocenters. The Morgan fingerprint density at radius 2 is 1.90 bits per heavy atom. The molecule has 3 aromatic rings. The molecule has 0 saturated heterocycles. The minimum absolute atomic E-state index is 0.0279. The van der Waals surface area contributed by atoms with Crippen LogP contribution in [-0.2, 0) is 26.0 Å². The summed E-state index contributed by atoms with van der Waals surface area (Å²) in [6.07, 6.45) is 1.23. The van der Waals surface area contributed by atoms with Gasteiger partial charge in [-0.3, -0.25) is 10.2 Å². The average molecular weight is 573 g/mol. The average Bonchev–Trinajstić information content (AvgIpc) is 3.38. The summed E-state index contributed by atoms with van der Waals surface area (Å²) in [5.41, 5.74) is 6.57. The van der Waals surface area contributed by atoms with Crippen molar-refractivity contribution in [2.24, 2.45) is 5.73 Å². The first-order chi connectivity index (χ1) is 18.3. The van der Waals surface area contributed by atoms with Gasteiger partial charge in [0.05, 0.1) is 10.9 Å². The van der Waals surface area contributed by atoms with Gasteiger partial charge in [0, 0.05) is 35.8 Å². The van der Waals surface area contributed by atoms with Gasteiger partial charge in [-0.25, -0.2) is 22.9 Å². The number of hydrogen-bond acceptors (Lipinski definition) is 8. The van der Waals surface area contributed by atoms with Crippen molar-refractivity contribution in [3.8, 4) is 0 Å². The van der Waals surface area contributed by atoms with Crippen molar-refractivity contribution in [1.29, 1.82) is 5.41 Å². The van der Waals surface area contributed by atoms with Crippen molar-refractivity contribution >= 4 is 44.9 Å². The smallest absolute Gasteiger partial charge is 0.407 e. The second kappa shape index (κ2) is 12.8. The van der Waals surface area contributed by atoms with Gasteiger partial charge in [0.15, 0.2) is 0 Å². The quantitative estimate of drug-likeness (QED) is 0.172. The van der Waals surface area contributed by atoms with Gasteiger partial charge in [-0.2, -0.15) is 0 Å². The molecule has 0 aliphatic heterocycles. The molecule has 11 nitrogen and oxygen atoms in total. The molecule has 1 heterocycles. The Bertz CT molecular complexity index is 1420. The number of amides is 2. The molecule has 1 aromatic heterocycles. The second-order valence-electron chi connectivity index (χ2n) is 9.62. The zero-order valence-corrected chi connectivity index (χ0v) is 23.5. The van der Waals surface area contributed by atoms with E-state index in [1.807, 2.05) is 6.07 Å². The molecule has 0 spiro atoms. The standard InChI is InChI=1S/C26H32N6O5S2/c1-26(2,3)37-25(34)30-11-10-22(33)31-19-8-5-9-20(16-19)39(35,36)32-21(24-29-12-13-38-24)15-17-6-4-7-18(14-17)23(27)28/h4-9,12-14,16,21,32H,10-11,15H2,1-3H3,(H3,27,28)(H,30,34)(H,31,33)/t21-/m1/s1. The van der Waals surface area contributed by atoms with Gasteiger partial charge >= 0.3 is 6.09 Å². The van der Waals surface area contributed by atoms with Crippen LogP contribution < -0.4 is 21.1 Å². The zero-order valence-electron chi connectivity index (χ0n) is 21.9. The molecule has 2 aromatic carbocycles. The van der Waals surface area contributed by atoms with E-state index in [2.05, 4.69) is 20.3 Å². The molecule has 6 N–H and O–H groups in total. The summed E-state index contributed by atoms with van der Waals surface area (Å²) in [5.74, 6) is -0.484. The van der Waals surface area contributed by atoms with Crippen LogP contribution in [0.5, 0.6) is 0 Å². The third-order valence-corrected chi connectivity index (χ3v) is 7.53. The molecule has 0 radical (unpaired) electrons. The van der Waals surface area contributed by atoms with Gasteiger partial charge in [0.2, 0.25) is 15.9 Å². The monoisotopic (exact) mass is 572 g/mol. The lowest BCUT2D eigenvalue weighted by Crippen LogP contribution is -2.34. The van der Waals surface area contributed by atoms with E-state index in [4.69, 9.17) is 15.9 Å². The first kappa shape index (κ1) is 29.7. The lowest BCUT2D eigenvalue weighted by molar-refractivity contribution is -0.116. The first-order valence-corrected chi connectivity index (χ1v) is 14.4. The number of ether oxygens (including phenoxy) is 1. The highest BCUT2D eigenvalue weighted by Gasteiger charge is 2.24. The Kier molecular flexibility index (Phi) is 9.78. The lowest BCUT2D eigenvalue weighted by Gasteiger charge is -2.19. The summed E-state index contributed by atoms with van der Waals surface area (Å²) in [6.45, 7) is 5.27. The van der Waals surface area contributed by atoms with Gasteiger partial charge in [0.1, 0.15) is 16.4 Å². The van der Waals surface area contributed by atoms with Gasteiger partial charge in [-0.1, -0.05) is 24.3 Å². The van der Waals surface area contributed by atoms with E-state index in [-0.39, 0.29) is 30.1 Å². The Morgan fingerprint density at radius 3 is 2.56 bits per heavy atom. The highest BCUT2D eigenvalue weighted by atomic mass is 32.2. The zero-order chi connectivity index (χ0) is 28.6. The third kappa shape index (κ3) is 9.46. The number of rotatable bonds is 11. The summed E-state index contributed by atoms with van der Waals surface area (Å²) in [6, 6.07) is 12.3. The summed E-state index contributed by atoms with van der Waals surface area (Å²) in [4.78, 5) is 28.3. The maximum Gasteiger partial charge on any atom is 0.407 e. The number of carbonyl (C=O) groups is 2. The van der Waals surface area contributed by atoms with Crippen molar-refractivity contribution < 1.29 is 22.7 Å². The maximum atomic E-state index is 13.3. The normalized spacial score (nSPS) is 12.4. The van der Waals surface area contributed by atoms with Crippen LogP contribution in [0.2, 0.25) is 0 Å². The summed E-state index contributed by atoms with van der Waals surface area (Å²) in [7, 11) is -4.01. The maximum absolute atomic E-state index is 13.3. The molecule has 13 heteroatoms. The van der Waals surface area contributed by atoms with Crippen LogP contribution >= 0.6 is 11.3 Å². The fourth-order valence-corrected chi connectivity index (χ4v) is 5.51. The first-order valence-electron chi connectivity index (χ1n) is 12.0. The molecule has 39 heavy (non-hydrogen) atoms. The molecule has 0 saturated carbocycles. The fourth-order valence-electron chi connectivity index (χ4n) is 3.50. The molecule has 0 aliphatic carbocycles. The molecule has 208 valence electrons. The van der Waals surface area contributed by atoms with Crippen molar-refractivity contribution in [2.75, 3.05) is 11.9 Å². The highest BCUT2D eigenvalue weighted by Crippen LogP contribution is 2.25. The third-order valence-electron chi connectivity index (χ3n) is 5.17. The number of nitrogens with two attached hydrogens (primary N) is 1. The fraction of sp³-hybridized carbons (Fsp3) is 0.308. The largest absolute Gasteiger partial charge is 0.444 e. The summed E-state index contributed by atoms with van der Waals surface area (Å²) in [5, 5.41) is 15.2. The number of carbonyl (C=O) groups excluding carboxylic acids is 2. The number of nitrogens with one attached hydrogen (secondary N) is 4. The molecular weight excluding hydrogens is 540 g/mol. The molecule has 0 fully saturated rings. The number of hydrogen-bond donors (Lipinski definition) is 5. The van der Waals surface area contributed by atoms with E-state index < -0.39 is 33.7 Å². The van der Waals surface area contributed by atoms with E-state index in [1.54, 1.807) is 56.6 Å². The van der Waals surface area contributed by atoms with Gasteiger partial charge in [-0.15, -0.1) is 11.3 Å². The Labute approximate surface area is 231 Å². The highest BCUT2D eigenvalue weighted by molar-refractivity contribution is 7.89. The van der Waals surface area contributed by atoms with Gasteiger partial charge in [-0.05, 0) is 57.0 Å². The number of benzene rings is 2. The van der Waals surface area contributed by atoms with Crippen LogP contribution in [0.15, 0.2) is 65.0 Å². The topological polar surface area (TPSA) is 176 Å².